The van der Waals surface area contributed by atoms with Crippen LogP contribution in [0.3, 0.4) is 0 Å². The van der Waals surface area contributed by atoms with Gasteiger partial charge in [0.05, 0.1) is 18.2 Å². The third kappa shape index (κ3) is 7.09. The zero-order valence-corrected chi connectivity index (χ0v) is 19.9. The van der Waals surface area contributed by atoms with E-state index in [1.807, 2.05) is 30.3 Å². The van der Waals surface area contributed by atoms with E-state index in [1.165, 1.54) is 0 Å². The Morgan fingerprint density at radius 2 is 1.97 bits per heavy atom. The number of carboxylic acids is 1. The van der Waals surface area contributed by atoms with Crippen molar-refractivity contribution in [1.29, 1.82) is 0 Å². The molecule has 1 atom stereocenters. The predicted molar refractivity (Wildman–Crippen MR) is 133 cm³/mol. The molecule has 2 aliphatic heterocycles. The molecule has 2 fully saturated rings. The second-order valence-corrected chi connectivity index (χ2v) is 8.88. The predicted octanol–water partition coefficient (Wildman–Crippen LogP) is 3.68. The molecule has 9 heteroatoms. The molecule has 8 nitrogen and oxygen atoms in total. The number of ether oxygens (including phenoxy) is 2. The SMILES string of the molecule is O=C(O)c1cccc(NC(=NC[C@H]2CCCO2)N2CCN(CCOc3ccc(Cl)cc3)CC2)c1. The minimum atomic E-state index is -0.948. The summed E-state index contributed by atoms with van der Waals surface area (Å²) in [4.78, 5) is 20.8. The normalized spacial score (nSPS) is 19.3. The van der Waals surface area contributed by atoms with E-state index in [9.17, 15) is 9.90 Å². The third-order valence-corrected chi connectivity index (χ3v) is 6.25. The molecule has 0 bridgehead atoms. The van der Waals surface area contributed by atoms with Crippen LogP contribution in [0.1, 0.15) is 23.2 Å². The fraction of sp³-hybridized carbons (Fsp3) is 0.440. The Morgan fingerprint density at radius 3 is 2.68 bits per heavy atom. The highest BCUT2D eigenvalue weighted by molar-refractivity contribution is 6.30. The molecule has 0 amide bonds. The topological polar surface area (TPSA) is 86.6 Å². The number of rotatable bonds is 8. The van der Waals surface area contributed by atoms with Crippen molar-refractivity contribution in [2.45, 2.75) is 18.9 Å². The third-order valence-electron chi connectivity index (χ3n) is 6.00. The van der Waals surface area contributed by atoms with Crippen LogP contribution in [-0.2, 0) is 4.74 Å². The van der Waals surface area contributed by atoms with Gasteiger partial charge in [0, 0.05) is 50.0 Å². The summed E-state index contributed by atoms with van der Waals surface area (Å²) in [6, 6.07) is 14.2. The molecule has 2 aliphatic rings. The maximum absolute atomic E-state index is 11.4. The van der Waals surface area contributed by atoms with Crippen LogP contribution < -0.4 is 10.1 Å². The summed E-state index contributed by atoms with van der Waals surface area (Å²) in [6.07, 6.45) is 2.24. The van der Waals surface area contributed by atoms with Gasteiger partial charge in [-0.25, -0.2) is 4.79 Å². The van der Waals surface area contributed by atoms with Crippen molar-refractivity contribution in [3.8, 4) is 5.75 Å². The second-order valence-electron chi connectivity index (χ2n) is 8.44. The minimum absolute atomic E-state index is 0.147. The van der Waals surface area contributed by atoms with Gasteiger partial charge >= 0.3 is 5.97 Å². The molecule has 182 valence electrons. The number of anilines is 1. The molecule has 2 aromatic carbocycles. The molecule has 0 unspecified atom stereocenters. The van der Waals surface area contributed by atoms with Gasteiger partial charge in [0.1, 0.15) is 12.4 Å². The molecule has 0 aromatic heterocycles. The lowest BCUT2D eigenvalue weighted by atomic mass is 10.2. The number of guanidine groups is 1. The highest BCUT2D eigenvalue weighted by Gasteiger charge is 2.22. The summed E-state index contributed by atoms with van der Waals surface area (Å²) in [5.74, 6) is 0.630. The first-order valence-electron chi connectivity index (χ1n) is 11.7. The zero-order valence-electron chi connectivity index (χ0n) is 19.2. The molecule has 2 heterocycles. The number of aromatic carboxylic acids is 1. The van der Waals surface area contributed by atoms with E-state index in [2.05, 4.69) is 15.1 Å². The quantitative estimate of drug-likeness (QED) is 0.434. The number of nitrogens with one attached hydrogen (secondary N) is 1. The number of carbonyl (C=O) groups is 1. The molecule has 2 N–H and O–H groups in total. The van der Waals surface area contributed by atoms with E-state index < -0.39 is 5.97 Å². The van der Waals surface area contributed by atoms with Crippen molar-refractivity contribution in [3.63, 3.8) is 0 Å². The van der Waals surface area contributed by atoms with Crippen LogP contribution in [-0.4, -0.2) is 85.4 Å². The van der Waals surface area contributed by atoms with E-state index in [0.717, 1.165) is 63.9 Å². The summed E-state index contributed by atoms with van der Waals surface area (Å²) < 4.78 is 11.6. The summed E-state index contributed by atoms with van der Waals surface area (Å²) in [5.41, 5.74) is 0.957. The smallest absolute Gasteiger partial charge is 0.335 e. The Balaban J connectivity index is 1.33. The number of piperazine rings is 1. The van der Waals surface area contributed by atoms with Crippen LogP contribution in [0, 0.1) is 0 Å². The Hall–Kier alpha value is -2.81. The molecule has 0 spiro atoms. The van der Waals surface area contributed by atoms with Gasteiger partial charge in [0.15, 0.2) is 5.96 Å². The number of hydrogen-bond acceptors (Lipinski definition) is 5. The fourth-order valence-electron chi connectivity index (χ4n) is 4.06. The molecule has 2 aromatic rings. The van der Waals surface area contributed by atoms with Gasteiger partial charge in [0.2, 0.25) is 0 Å². The van der Waals surface area contributed by atoms with Crippen LogP contribution in [0.4, 0.5) is 5.69 Å². The van der Waals surface area contributed by atoms with E-state index in [-0.39, 0.29) is 11.7 Å². The van der Waals surface area contributed by atoms with Gasteiger partial charge in [-0.05, 0) is 55.3 Å². The Kier molecular flexibility index (Phi) is 8.62. The van der Waals surface area contributed by atoms with Gasteiger partial charge < -0.3 is 24.8 Å². The van der Waals surface area contributed by atoms with Crippen molar-refractivity contribution in [3.05, 3.63) is 59.1 Å². The van der Waals surface area contributed by atoms with Crippen molar-refractivity contribution in [2.75, 3.05) is 57.8 Å². The van der Waals surface area contributed by atoms with E-state index in [4.69, 9.17) is 26.1 Å². The first kappa shape index (κ1) is 24.3. The number of nitrogens with zero attached hydrogens (tertiary/aromatic N) is 3. The Morgan fingerprint density at radius 1 is 1.18 bits per heavy atom. The first-order chi connectivity index (χ1) is 16.6. The van der Waals surface area contributed by atoms with Crippen molar-refractivity contribution >= 4 is 29.2 Å². The first-order valence-corrected chi connectivity index (χ1v) is 12.1. The average Bonchev–Trinajstić information content (AvgIpc) is 3.37. The molecule has 0 aliphatic carbocycles. The van der Waals surface area contributed by atoms with Crippen LogP contribution in [0.2, 0.25) is 5.02 Å². The van der Waals surface area contributed by atoms with Gasteiger partial charge in [-0.3, -0.25) is 9.89 Å². The van der Waals surface area contributed by atoms with E-state index in [0.29, 0.717) is 23.9 Å². The van der Waals surface area contributed by atoms with Crippen LogP contribution in [0.15, 0.2) is 53.5 Å². The summed E-state index contributed by atoms with van der Waals surface area (Å²) in [6.45, 7) is 6.25. The van der Waals surface area contributed by atoms with Crippen LogP contribution in [0.25, 0.3) is 0 Å². The minimum Gasteiger partial charge on any atom is -0.492 e. The van der Waals surface area contributed by atoms with Crippen molar-refractivity contribution < 1.29 is 19.4 Å². The van der Waals surface area contributed by atoms with Gasteiger partial charge in [-0.1, -0.05) is 17.7 Å². The van der Waals surface area contributed by atoms with E-state index in [1.54, 1.807) is 18.2 Å². The van der Waals surface area contributed by atoms with Gasteiger partial charge in [-0.15, -0.1) is 0 Å². The van der Waals surface area contributed by atoms with Crippen molar-refractivity contribution in [2.24, 2.45) is 4.99 Å². The number of hydrogen-bond donors (Lipinski definition) is 2. The summed E-state index contributed by atoms with van der Waals surface area (Å²) in [7, 11) is 0. The highest BCUT2D eigenvalue weighted by Crippen LogP contribution is 2.17. The molecular formula is C25H31ClN4O4. The second kappa shape index (κ2) is 12.1. The van der Waals surface area contributed by atoms with Gasteiger partial charge in [0.25, 0.3) is 0 Å². The largest absolute Gasteiger partial charge is 0.492 e. The van der Waals surface area contributed by atoms with E-state index >= 15 is 0 Å². The number of aliphatic imine (C=N–C) groups is 1. The van der Waals surface area contributed by atoms with Gasteiger partial charge in [-0.2, -0.15) is 0 Å². The Bertz CT molecular complexity index is 971. The number of benzene rings is 2. The lowest BCUT2D eigenvalue weighted by molar-refractivity contribution is 0.0697. The molecule has 0 saturated carbocycles. The standard InChI is InChI=1S/C25H31ClN4O4/c26-20-6-8-22(9-7-20)34-16-14-29-10-12-30(13-11-29)25(27-18-23-5-2-15-33-23)28-21-4-1-3-19(17-21)24(31)32/h1,3-4,6-9,17,23H,2,5,10-16,18H2,(H,27,28)(H,31,32)/t23-/m1/s1. The molecule has 2 saturated heterocycles. The summed E-state index contributed by atoms with van der Waals surface area (Å²) >= 11 is 5.92. The monoisotopic (exact) mass is 486 g/mol. The average molecular weight is 487 g/mol. The molecular weight excluding hydrogens is 456 g/mol. The number of halogens is 1. The van der Waals surface area contributed by atoms with Crippen LogP contribution >= 0.6 is 11.6 Å². The number of carboxylic acid groups (broad SMARTS) is 1. The molecule has 4 rings (SSSR count). The zero-order chi connectivity index (χ0) is 23.8. The summed E-state index contributed by atoms with van der Waals surface area (Å²) in [5, 5.41) is 13.4. The van der Waals surface area contributed by atoms with Crippen molar-refractivity contribution in [1.82, 2.24) is 9.80 Å². The lowest BCUT2D eigenvalue weighted by Gasteiger charge is -2.36. The maximum atomic E-state index is 11.4. The highest BCUT2D eigenvalue weighted by atomic mass is 35.5. The lowest BCUT2D eigenvalue weighted by Crippen LogP contribution is -2.51. The van der Waals surface area contributed by atoms with Crippen LogP contribution in [0.5, 0.6) is 5.75 Å². The maximum Gasteiger partial charge on any atom is 0.335 e. The molecule has 34 heavy (non-hydrogen) atoms. The fourth-order valence-corrected chi connectivity index (χ4v) is 4.19. The molecule has 0 radical (unpaired) electrons. The Labute approximate surface area is 205 Å².